The van der Waals surface area contributed by atoms with Gasteiger partial charge in [0.05, 0.1) is 0 Å². The van der Waals surface area contributed by atoms with E-state index in [2.05, 4.69) is 28.2 Å². The van der Waals surface area contributed by atoms with Gasteiger partial charge in [-0.05, 0) is 37.0 Å². The molecule has 1 unspecified atom stereocenters. The summed E-state index contributed by atoms with van der Waals surface area (Å²) < 4.78 is 13.8. The fourth-order valence-electron chi connectivity index (χ4n) is 1.94. The highest BCUT2D eigenvalue weighted by Crippen LogP contribution is 2.15. The zero-order valence-corrected chi connectivity index (χ0v) is 13.2. The maximum atomic E-state index is 13.2. The minimum Gasteiger partial charge on any atom is -0.352 e. The van der Waals surface area contributed by atoms with E-state index in [0.717, 1.165) is 19.3 Å². The Morgan fingerprint density at radius 1 is 1.42 bits per heavy atom. The van der Waals surface area contributed by atoms with Crippen LogP contribution in [0.1, 0.15) is 36.5 Å². The van der Waals surface area contributed by atoms with E-state index < -0.39 is 5.82 Å². The fourth-order valence-corrected chi connectivity index (χ4v) is 2.71. The lowest BCUT2D eigenvalue weighted by atomic mass is 10.0. The molecule has 5 heteroatoms. The maximum absolute atomic E-state index is 13.2. The summed E-state index contributed by atoms with van der Waals surface area (Å²) in [6.45, 7) is 2.68. The number of nitrogens with one attached hydrogen (secondary N) is 1. The van der Waals surface area contributed by atoms with Crippen LogP contribution in [0.3, 0.4) is 0 Å². The van der Waals surface area contributed by atoms with Gasteiger partial charge in [0.1, 0.15) is 5.82 Å². The predicted octanol–water partition coefficient (Wildman–Crippen LogP) is 4.36. The van der Waals surface area contributed by atoms with E-state index in [0.29, 0.717) is 28.4 Å². The lowest BCUT2D eigenvalue weighted by molar-refractivity contribution is 0.0945. The molecular weight excluding hydrogens is 333 g/mol. The number of carbonyl (C=O) groups is 1. The number of rotatable bonds is 7. The summed E-state index contributed by atoms with van der Waals surface area (Å²) in [5.74, 6) is 0.288. The van der Waals surface area contributed by atoms with E-state index in [1.165, 1.54) is 12.1 Å². The van der Waals surface area contributed by atoms with E-state index in [-0.39, 0.29) is 5.91 Å². The molecule has 106 valence electrons. The molecule has 0 aliphatic heterocycles. The van der Waals surface area contributed by atoms with Gasteiger partial charge in [-0.2, -0.15) is 0 Å². The molecule has 0 saturated heterocycles. The second-order valence-corrected chi connectivity index (χ2v) is 5.79. The van der Waals surface area contributed by atoms with Crippen molar-refractivity contribution in [2.75, 3.05) is 12.4 Å². The Kier molecular flexibility index (Phi) is 7.39. The van der Waals surface area contributed by atoms with Crippen LogP contribution in [0.4, 0.5) is 4.39 Å². The van der Waals surface area contributed by atoms with Crippen molar-refractivity contribution in [2.45, 2.75) is 26.2 Å². The van der Waals surface area contributed by atoms with E-state index >= 15 is 0 Å². The van der Waals surface area contributed by atoms with Crippen molar-refractivity contribution in [1.82, 2.24) is 5.32 Å². The van der Waals surface area contributed by atoms with E-state index in [4.69, 9.17) is 11.6 Å². The largest absolute Gasteiger partial charge is 0.352 e. The van der Waals surface area contributed by atoms with Gasteiger partial charge in [0.25, 0.3) is 5.91 Å². The van der Waals surface area contributed by atoms with Gasteiger partial charge in [-0.15, -0.1) is 11.6 Å². The highest BCUT2D eigenvalue weighted by molar-refractivity contribution is 9.10. The lowest BCUT2D eigenvalue weighted by Crippen LogP contribution is -2.29. The Bertz CT molecular complexity index is 402. The first-order valence-electron chi connectivity index (χ1n) is 6.37. The molecular formula is C14H18BrClFNO. The van der Waals surface area contributed by atoms with Crippen LogP contribution in [-0.4, -0.2) is 18.3 Å². The average molecular weight is 351 g/mol. The Morgan fingerprint density at radius 2 is 2.16 bits per heavy atom. The molecule has 0 heterocycles. The number of halogens is 3. The van der Waals surface area contributed by atoms with Crippen LogP contribution < -0.4 is 5.32 Å². The van der Waals surface area contributed by atoms with Crippen LogP contribution >= 0.6 is 27.5 Å². The van der Waals surface area contributed by atoms with Crippen LogP contribution in [0.2, 0.25) is 0 Å². The zero-order valence-electron chi connectivity index (χ0n) is 10.9. The van der Waals surface area contributed by atoms with Crippen molar-refractivity contribution in [2.24, 2.45) is 5.92 Å². The first kappa shape index (κ1) is 16.4. The molecule has 1 amide bonds. The van der Waals surface area contributed by atoms with Gasteiger partial charge in [-0.1, -0.05) is 29.3 Å². The topological polar surface area (TPSA) is 29.1 Å². The van der Waals surface area contributed by atoms with Gasteiger partial charge >= 0.3 is 0 Å². The fraction of sp³-hybridized carbons (Fsp3) is 0.500. The highest BCUT2D eigenvalue weighted by Gasteiger charge is 2.12. The number of carbonyl (C=O) groups excluding carboxylic acids is 1. The Balaban J connectivity index is 2.58. The van der Waals surface area contributed by atoms with Gasteiger partial charge in [-0.3, -0.25) is 4.79 Å². The number of amides is 1. The van der Waals surface area contributed by atoms with Crippen molar-refractivity contribution >= 4 is 33.4 Å². The quantitative estimate of drug-likeness (QED) is 0.727. The van der Waals surface area contributed by atoms with Crippen molar-refractivity contribution < 1.29 is 9.18 Å². The van der Waals surface area contributed by atoms with E-state index in [1.807, 2.05) is 0 Å². The molecule has 0 bridgehead atoms. The molecule has 0 fully saturated rings. The van der Waals surface area contributed by atoms with Crippen LogP contribution in [-0.2, 0) is 0 Å². The molecule has 0 aromatic heterocycles. The first-order valence-corrected chi connectivity index (χ1v) is 7.69. The average Bonchev–Trinajstić information content (AvgIpc) is 2.35. The Labute approximate surface area is 126 Å². The molecule has 1 rings (SSSR count). The predicted molar refractivity (Wildman–Crippen MR) is 80.2 cm³/mol. The van der Waals surface area contributed by atoms with Gasteiger partial charge < -0.3 is 5.32 Å². The smallest absolute Gasteiger partial charge is 0.251 e. The zero-order chi connectivity index (χ0) is 14.3. The minimum atomic E-state index is -0.426. The van der Waals surface area contributed by atoms with Crippen LogP contribution in [0.15, 0.2) is 22.7 Å². The van der Waals surface area contributed by atoms with Crippen molar-refractivity contribution in [3.05, 3.63) is 34.1 Å². The summed E-state index contributed by atoms with van der Waals surface area (Å²) in [5, 5.41) is 2.84. The summed E-state index contributed by atoms with van der Waals surface area (Å²) in [5.41, 5.74) is 0.327. The minimum absolute atomic E-state index is 0.254. The maximum Gasteiger partial charge on any atom is 0.251 e. The summed E-state index contributed by atoms with van der Waals surface area (Å²) >= 11 is 8.91. The number of alkyl halides is 1. The van der Waals surface area contributed by atoms with Crippen LogP contribution in [0, 0.1) is 11.7 Å². The molecule has 0 aliphatic rings. The Morgan fingerprint density at radius 3 is 2.74 bits per heavy atom. The molecule has 1 atom stereocenters. The van der Waals surface area contributed by atoms with Gasteiger partial charge in [0, 0.05) is 22.5 Å². The highest BCUT2D eigenvalue weighted by atomic mass is 79.9. The molecule has 19 heavy (non-hydrogen) atoms. The van der Waals surface area contributed by atoms with Crippen LogP contribution in [0.5, 0.6) is 0 Å². The van der Waals surface area contributed by atoms with Crippen molar-refractivity contribution in [3.63, 3.8) is 0 Å². The molecule has 0 saturated carbocycles. The van der Waals surface area contributed by atoms with Gasteiger partial charge in [0.15, 0.2) is 0 Å². The standard InChI is InChI=1S/C14H18BrClFNO/c1-2-3-10(4-5-16)9-18-14(19)11-6-12(15)8-13(17)7-11/h6-8,10H,2-5,9H2,1H3,(H,18,19). The lowest BCUT2D eigenvalue weighted by Gasteiger charge is -2.15. The molecule has 1 aromatic rings. The van der Waals surface area contributed by atoms with Crippen molar-refractivity contribution in [1.29, 1.82) is 0 Å². The molecule has 0 radical (unpaired) electrons. The first-order chi connectivity index (χ1) is 9.06. The van der Waals surface area contributed by atoms with Crippen molar-refractivity contribution in [3.8, 4) is 0 Å². The summed E-state index contributed by atoms with van der Waals surface area (Å²) in [6.07, 6.45) is 2.96. The van der Waals surface area contributed by atoms with Gasteiger partial charge in [-0.25, -0.2) is 4.39 Å². The normalized spacial score (nSPS) is 12.2. The second-order valence-electron chi connectivity index (χ2n) is 4.50. The van der Waals surface area contributed by atoms with Gasteiger partial charge in [0.2, 0.25) is 0 Å². The van der Waals surface area contributed by atoms with E-state index in [1.54, 1.807) is 6.07 Å². The third kappa shape index (κ3) is 5.91. The Hall–Kier alpha value is -0.610. The molecule has 0 aliphatic carbocycles. The third-order valence-electron chi connectivity index (χ3n) is 2.89. The number of hydrogen-bond acceptors (Lipinski definition) is 1. The molecule has 1 aromatic carbocycles. The number of hydrogen-bond donors (Lipinski definition) is 1. The van der Waals surface area contributed by atoms with E-state index in [9.17, 15) is 9.18 Å². The second kappa shape index (κ2) is 8.54. The number of benzene rings is 1. The molecule has 2 nitrogen and oxygen atoms in total. The molecule has 0 spiro atoms. The summed E-state index contributed by atoms with van der Waals surface area (Å²) in [7, 11) is 0. The monoisotopic (exact) mass is 349 g/mol. The molecule has 1 N–H and O–H groups in total. The van der Waals surface area contributed by atoms with Crippen LogP contribution in [0.25, 0.3) is 0 Å². The summed E-state index contributed by atoms with van der Waals surface area (Å²) in [4.78, 5) is 11.9. The third-order valence-corrected chi connectivity index (χ3v) is 3.57. The summed E-state index contributed by atoms with van der Waals surface area (Å²) in [6, 6.07) is 4.16. The SMILES string of the molecule is CCCC(CCCl)CNC(=O)c1cc(F)cc(Br)c1.